The van der Waals surface area contributed by atoms with Gasteiger partial charge in [-0.3, -0.25) is 0 Å². The summed E-state index contributed by atoms with van der Waals surface area (Å²) in [7, 11) is 2.10. The molecule has 1 aromatic carbocycles. The van der Waals surface area contributed by atoms with E-state index in [1.165, 1.54) is 23.9 Å². The summed E-state index contributed by atoms with van der Waals surface area (Å²) in [5.41, 5.74) is 3.66. The van der Waals surface area contributed by atoms with Crippen LogP contribution in [-0.4, -0.2) is 15.6 Å². The molecule has 0 saturated heterocycles. The minimum absolute atomic E-state index is 0.737. The van der Waals surface area contributed by atoms with Crippen LogP contribution in [0.25, 0.3) is 11.0 Å². The third-order valence-corrected chi connectivity index (χ3v) is 3.31. The Labute approximate surface area is 95.5 Å². The van der Waals surface area contributed by atoms with Crippen molar-refractivity contribution in [2.45, 2.75) is 32.4 Å². The minimum atomic E-state index is 0.737. The van der Waals surface area contributed by atoms with Crippen LogP contribution in [0.3, 0.4) is 0 Å². The van der Waals surface area contributed by atoms with E-state index in [-0.39, 0.29) is 0 Å². The largest absolute Gasteiger partial charge is 0.330 e. The fraction of sp³-hybridized carbons (Fsp3) is 0.462. The van der Waals surface area contributed by atoms with Crippen LogP contribution in [0.1, 0.15) is 24.2 Å². The van der Waals surface area contributed by atoms with Crippen molar-refractivity contribution in [2.24, 2.45) is 7.05 Å². The van der Waals surface area contributed by atoms with Gasteiger partial charge in [0.1, 0.15) is 5.82 Å². The molecule has 1 aromatic heterocycles. The number of nitrogens with zero attached hydrogens (tertiary/aromatic N) is 2. The van der Waals surface area contributed by atoms with Crippen molar-refractivity contribution >= 4 is 11.0 Å². The Morgan fingerprint density at radius 2 is 2.25 bits per heavy atom. The van der Waals surface area contributed by atoms with Gasteiger partial charge in [-0.1, -0.05) is 12.1 Å². The second kappa shape index (κ2) is 3.59. The number of hydrogen-bond acceptors (Lipinski definition) is 2. The van der Waals surface area contributed by atoms with Crippen LogP contribution < -0.4 is 5.32 Å². The average Bonchev–Trinajstić information content (AvgIpc) is 3.02. The maximum atomic E-state index is 4.67. The first-order valence-electron chi connectivity index (χ1n) is 5.90. The van der Waals surface area contributed by atoms with E-state index in [0.717, 1.165) is 23.9 Å². The third-order valence-electron chi connectivity index (χ3n) is 3.31. The van der Waals surface area contributed by atoms with Crippen LogP contribution in [0.15, 0.2) is 18.2 Å². The maximum Gasteiger partial charge on any atom is 0.123 e. The molecule has 0 atom stereocenters. The van der Waals surface area contributed by atoms with Crippen molar-refractivity contribution in [3.8, 4) is 0 Å². The van der Waals surface area contributed by atoms with E-state index < -0.39 is 0 Å². The zero-order valence-corrected chi connectivity index (χ0v) is 9.83. The lowest BCUT2D eigenvalue weighted by molar-refractivity contribution is 0.639. The quantitative estimate of drug-likeness (QED) is 0.850. The predicted octanol–water partition coefficient (Wildman–Crippen LogP) is 2.13. The van der Waals surface area contributed by atoms with E-state index in [2.05, 4.69) is 47.0 Å². The van der Waals surface area contributed by atoms with Gasteiger partial charge < -0.3 is 9.88 Å². The second-order valence-corrected chi connectivity index (χ2v) is 4.68. The van der Waals surface area contributed by atoms with Gasteiger partial charge in [-0.05, 0) is 31.4 Å². The lowest BCUT2D eigenvalue weighted by Crippen LogP contribution is -2.18. The lowest BCUT2D eigenvalue weighted by Gasteiger charge is -2.04. The number of benzene rings is 1. The Morgan fingerprint density at radius 3 is 2.94 bits per heavy atom. The molecule has 1 fully saturated rings. The molecular formula is C13H17N3. The molecule has 0 aliphatic heterocycles. The van der Waals surface area contributed by atoms with E-state index in [1.54, 1.807) is 0 Å². The van der Waals surface area contributed by atoms with Gasteiger partial charge in [0.2, 0.25) is 0 Å². The molecule has 3 heteroatoms. The molecule has 1 saturated carbocycles. The highest BCUT2D eigenvalue weighted by Crippen LogP contribution is 2.21. The van der Waals surface area contributed by atoms with Crippen LogP contribution in [0.2, 0.25) is 0 Å². The van der Waals surface area contributed by atoms with Gasteiger partial charge in [0.25, 0.3) is 0 Å². The van der Waals surface area contributed by atoms with E-state index in [1.807, 2.05) is 0 Å². The zero-order chi connectivity index (χ0) is 11.1. The molecule has 0 bridgehead atoms. The fourth-order valence-corrected chi connectivity index (χ4v) is 2.19. The number of aryl methyl sites for hydroxylation is 2. The Balaban J connectivity index is 1.98. The van der Waals surface area contributed by atoms with Gasteiger partial charge in [0.15, 0.2) is 0 Å². The smallest absolute Gasteiger partial charge is 0.123 e. The Kier molecular flexibility index (Phi) is 2.21. The van der Waals surface area contributed by atoms with Crippen LogP contribution in [0, 0.1) is 6.92 Å². The molecule has 1 aliphatic rings. The molecule has 16 heavy (non-hydrogen) atoms. The van der Waals surface area contributed by atoms with Crippen LogP contribution in [-0.2, 0) is 13.6 Å². The summed E-state index contributed by atoms with van der Waals surface area (Å²) in [6.45, 7) is 3.03. The Bertz CT molecular complexity index is 523. The summed E-state index contributed by atoms with van der Waals surface area (Å²) in [6, 6.07) is 7.04. The molecule has 2 aromatic rings. The lowest BCUT2D eigenvalue weighted by atomic mass is 10.2. The molecule has 1 N–H and O–H groups in total. The number of para-hydroxylation sites is 1. The van der Waals surface area contributed by atoms with E-state index in [0.29, 0.717) is 0 Å². The number of hydrogen-bond donors (Lipinski definition) is 1. The summed E-state index contributed by atoms with van der Waals surface area (Å²) in [5.74, 6) is 1.14. The molecular weight excluding hydrogens is 198 g/mol. The van der Waals surface area contributed by atoms with Gasteiger partial charge in [0, 0.05) is 13.1 Å². The van der Waals surface area contributed by atoms with Gasteiger partial charge in [0.05, 0.1) is 17.6 Å². The highest BCUT2D eigenvalue weighted by atomic mass is 15.1. The summed E-state index contributed by atoms with van der Waals surface area (Å²) >= 11 is 0. The fourth-order valence-electron chi connectivity index (χ4n) is 2.19. The van der Waals surface area contributed by atoms with Crippen LogP contribution >= 0.6 is 0 Å². The summed E-state index contributed by atoms with van der Waals surface area (Å²) < 4.78 is 2.21. The van der Waals surface area contributed by atoms with Crippen LogP contribution in [0.4, 0.5) is 0 Å². The maximum absolute atomic E-state index is 4.67. The summed E-state index contributed by atoms with van der Waals surface area (Å²) in [4.78, 5) is 4.67. The van der Waals surface area contributed by atoms with Crippen molar-refractivity contribution in [1.82, 2.24) is 14.9 Å². The molecule has 3 rings (SSSR count). The summed E-state index contributed by atoms with van der Waals surface area (Å²) in [5, 5.41) is 3.51. The van der Waals surface area contributed by atoms with Crippen molar-refractivity contribution in [2.75, 3.05) is 0 Å². The van der Waals surface area contributed by atoms with Gasteiger partial charge in [-0.25, -0.2) is 4.98 Å². The molecule has 1 aliphatic carbocycles. The number of imidazole rings is 1. The van der Waals surface area contributed by atoms with Gasteiger partial charge >= 0.3 is 0 Å². The van der Waals surface area contributed by atoms with E-state index in [9.17, 15) is 0 Å². The molecule has 84 valence electrons. The minimum Gasteiger partial charge on any atom is -0.330 e. The predicted molar refractivity (Wildman–Crippen MR) is 65.3 cm³/mol. The van der Waals surface area contributed by atoms with E-state index >= 15 is 0 Å². The number of aromatic nitrogens is 2. The Morgan fingerprint density at radius 1 is 1.44 bits per heavy atom. The molecule has 0 radical (unpaired) electrons. The van der Waals surface area contributed by atoms with Crippen molar-refractivity contribution in [3.63, 3.8) is 0 Å². The normalized spacial score (nSPS) is 15.9. The molecule has 0 unspecified atom stereocenters. The third kappa shape index (κ3) is 1.61. The standard InChI is InChI=1S/C13H17N3/c1-9-4-3-5-11-13(9)16(2)12(15-11)8-14-10-6-7-10/h3-5,10,14H,6-8H2,1-2H3. The van der Waals surface area contributed by atoms with Crippen molar-refractivity contribution in [1.29, 1.82) is 0 Å². The van der Waals surface area contributed by atoms with Gasteiger partial charge in [-0.2, -0.15) is 0 Å². The van der Waals surface area contributed by atoms with Crippen LogP contribution in [0.5, 0.6) is 0 Å². The zero-order valence-electron chi connectivity index (χ0n) is 9.83. The number of rotatable bonds is 3. The van der Waals surface area contributed by atoms with E-state index in [4.69, 9.17) is 0 Å². The average molecular weight is 215 g/mol. The van der Waals surface area contributed by atoms with Crippen molar-refractivity contribution in [3.05, 3.63) is 29.6 Å². The second-order valence-electron chi connectivity index (χ2n) is 4.68. The number of fused-ring (bicyclic) bond motifs is 1. The topological polar surface area (TPSA) is 29.9 Å². The first-order chi connectivity index (χ1) is 7.75. The first kappa shape index (κ1) is 9.85. The number of nitrogens with one attached hydrogen (secondary N) is 1. The van der Waals surface area contributed by atoms with Gasteiger partial charge in [-0.15, -0.1) is 0 Å². The molecule has 3 nitrogen and oxygen atoms in total. The molecule has 0 spiro atoms. The Hall–Kier alpha value is -1.35. The van der Waals surface area contributed by atoms with Crippen molar-refractivity contribution < 1.29 is 0 Å². The highest BCUT2D eigenvalue weighted by molar-refractivity contribution is 5.79. The molecule has 1 heterocycles. The first-order valence-corrected chi connectivity index (χ1v) is 5.90. The highest BCUT2D eigenvalue weighted by Gasteiger charge is 2.21. The summed E-state index contributed by atoms with van der Waals surface area (Å²) in [6.07, 6.45) is 2.64. The molecule has 0 amide bonds. The monoisotopic (exact) mass is 215 g/mol. The SMILES string of the molecule is Cc1cccc2nc(CNC3CC3)n(C)c12.